The molecule has 708 valence electrons. The van der Waals surface area contributed by atoms with Crippen LogP contribution in [0, 0.1) is 40.7 Å². The van der Waals surface area contributed by atoms with Gasteiger partial charge in [-0.15, -0.1) is 25.5 Å². The third kappa shape index (κ3) is 20.3. The fourth-order valence-corrected chi connectivity index (χ4v) is 14.6. The molecule has 15 aromatic heterocycles. The van der Waals surface area contributed by atoms with Crippen molar-refractivity contribution in [2.24, 2.45) is 0 Å². The second-order valence-electron chi connectivity index (χ2n) is 30.4. The Hall–Kier alpha value is -19.2. The summed E-state index contributed by atoms with van der Waals surface area (Å²) in [5.74, 6) is -1.48. The molecule has 7 aromatic carbocycles. The summed E-state index contributed by atoms with van der Waals surface area (Å²) in [6, 6.07) is 60.1. The number of benzene rings is 7. The van der Waals surface area contributed by atoms with Gasteiger partial charge in [-0.3, -0.25) is 24.9 Å². The van der Waals surface area contributed by atoms with Crippen LogP contribution in [-0.2, 0) is 40.1 Å². The molecule has 15 heterocycles. The van der Waals surface area contributed by atoms with E-state index in [9.17, 15) is 30.7 Å². The van der Waals surface area contributed by atoms with Crippen molar-refractivity contribution in [1.82, 2.24) is 151 Å². The topological polar surface area (TPSA) is 440 Å². The van der Waals surface area contributed by atoms with Gasteiger partial charge in [-0.25, -0.2) is 54.1 Å². The normalized spacial score (nSPS) is 11.3. The highest BCUT2D eigenvalue weighted by atomic mass is 19.2. The van der Waals surface area contributed by atoms with Crippen molar-refractivity contribution in [2.45, 2.75) is 25.9 Å². The summed E-state index contributed by atoms with van der Waals surface area (Å²) in [5.41, 5.74) is 12.0. The summed E-state index contributed by atoms with van der Waals surface area (Å²) in [7, 11) is 4.63. The molecular formula is C98H69F7N30O8. The smallest absolute Gasteiger partial charge is 0.281 e. The van der Waals surface area contributed by atoms with Crippen LogP contribution < -0.4 is 0 Å². The first-order valence-corrected chi connectivity index (χ1v) is 43.2. The van der Waals surface area contributed by atoms with Crippen molar-refractivity contribution < 1.29 is 67.6 Å². The minimum atomic E-state index is -0.701. The van der Waals surface area contributed by atoms with E-state index in [-0.39, 0.29) is 81.6 Å². The molecule has 38 nitrogen and oxygen atoms in total. The zero-order chi connectivity index (χ0) is 98.1. The molecule has 22 aromatic rings. The first kappa shape index (κ1) is 92.9. The Kier molecular flexibility index (Phi) is 27.9. The number of rotatable bonds is 25. The third-order valence-corrected chi connectivity index (χ3v) is 21.4. The van der Waals surface area contributed by atoms with Crippen LogP contribution in [0.2, 0.25) is 0 Å². The first-order valence-electron chi connectivity index (χ1n) is 43.2. The molecule has 0 unspecified atom stereocenters. The molecule has 0 fully saturated rings. The molecule has 23 rings (SSSR count). The van der Waals surface area contributed by atoms with Gasteiger partial charge in [-0.2, -0.15) is 24.9 Å². The van der Waals surface area contributed by atoms with Crippen molar-refractivity contribution in [3.63, 3.8) is 0 Å². The lowest BCUT2D eigenvalue weighted by Crippen LogP contribution is -2.07. The zero-order valence-electron chi connectivity index (χ0n) is 74.8. The molecule has 0 atom stereocenters. The Labute approximate surface area is 801 Å². The Morgan fingerprint density at radius 1 is 0.315 bits per heavy atom. The second kappa shape index (κ2) is 43.0. The van der Waals surface area contributed by atoms with Crippen LogP contribution in [-0.4, -0.2) is 185 Å². The average molecular weight is 1930 g/mol. The largest absolute Gasteiger partial charge is 0.384 e. The summed E-state index contributed by atoms with van der Waals surface area (Å²) < 4.78 is 148. The summed E-state index contributed by atoms with van der Waals surface area (Å²) >= 11 is 0. The van der Waals surface area contributed by atoms with Crippen molar-refractivity contribution in [3.8, 4) is 166 Å². The van der Waals surface area contributed by atoms with E-state index in [2.05, 4.69) is 145 Å². The van der Waals surface area contributed by atoms with Crippen LogP contribution in [0.4, 0.5) is 30.7 Å². The molecule has 0 radical (unpaired) electrons. The minimum Gasteiger partial charge on any atom is -0.384 e. The van der Waals surface area contributed by atoms with E-state index in [0.717, 1.165) is 46.9 Å². The number of pyridine rings is 5. The van der Waals surface area contributed by atoms with E-state index in [1.807, 2.05) is 30.3 Å². The molecule has 0 spiro atoms. The molecular weight excluding hydrogens is 1860 g/mol. The number of fused-ring (bicyclic) bond motifs is 1. The Morgan fingerprint density at radius 3 is 1.14 bits per heavy atom. The van der Waals surface area contributed by atoms with Gasteiger partial charge >= 0.3 is 0 Å². The van der Waals surface area contributed by atoms with E-state index in [1.165, 1.54) is 73.5 Å². The number of halogens is 7. The van der Waals surface area contributed by atoms with Gasteiger partial charge in [0.25, 0.3) is 29.5 Å². The Morgan fingerprint density at radius 2 is 0.706 bits per heavy atom. The number of aromatic nitrogens is 30. The lowest BCUT2D eigenvalue weighted by molar-refractivity contribution is 0.179. The first-order chi connectivity index (χ1) is 70.2. The summed E-state index contributed by atoms with van der Waals surface area (Å²) in [4.78, 5) is 42.2. The van der Waals surface area contributed by atoms with Crippen molar-refractivity contribution >= 4 is 6.08 Å². The maximum absolute atomic E-state index is 14.6. The van der Waals surface area contributed by atoms with Gasteiger partial charge in [-0.1, -0.05) is 143 Å². The van der Waals surface area contributed by atoms with Gasteiger partial charge in [-0.05, 0) is 163 Å². The Balaban J connectivity index is 0.000000114. The van der Waals surface area contributed by atoms with Crippen LogP contribution in [0.25, 0.3) is 172 Å². The number of hydrogen-bond donors (Lipinski definition) is 0. The van der Waals surface area contributed by atoms with Gasteiger partial charge in [0.1, 0.15) is 91.9 Å². The summed E-state index contributed by atoms with van der Waals surface area (Å²) in [6.07, 6.45) is 20.7. The highest BCUT2D eigenvalue weighted by Crippen LogP contribution is 2.38. The monoisotopic (exact) mass is 1930 g/mol. The van der Waals surface area contributed by atoms with Gasteiger partial charge in [0, 0.05) is 118 Å². The highest BCUT2D eigenvalue weighted by molar-refractivity contribution is 5.78. The number of ether oxygens (including phenoxy) is 3. The maximum Gasteiger partial charge on any atom is 0.281 e. The third-order valence-electron chi connectivity index (χ3n) is 21.4. The molecule has 1 aliphatic carbocycles. The average Bonchev–Trinajstić information content (AvgIpc) is 1.64. The van der Waals surface area contributed by atoms with Gasteiger partial charge in [0.15, 0.2) is 28.5 Å². The Bertz CT molecular complexity index is 8160. The van der Waals surface area contributed by atoms with E-state index in [0.29, 0.717) is 117 Å². The highest BCUT2D eigenvalue weighted by Gasteiger charge is 2.31. The van der Waals surface area contributed by atoms with Crippen molar-refractivity contribution in [1.29, 1.82) is 0 Å². The predicted octanol–water partition coefficient (Wildman–Crippen LogP) is 17.3. The number of methoxy groups -OCH3 is 3. The van der Waals surface area contributed by atoms with E-state index in [1.54, 1.807) is 202 Å². The van der Waals surface area contributed by atoms with Crippen LogP contribution in [0.3, 0.4) is 0 Å². The molecule has 0 saturated heterocycles. The van der Waals surface area contributed by atoms with Crippen LogP contribution in [0.5, 0.6) is 0 Å². The second-order valence-corrected chi connectivity index (χ2v) is 30.4. The number of hydrogen-bond acceptors (Lipinski definition) is 33. The number of allylic oxidation sites excluding steroid dienone is 1. The van der Waals surface area contributed by atoms with E-state index < -0.39 is 40.7 Å². The zero-order valence-corrected chi connectivity index (χ0v) is 74.8. The molecule has 0 saturated carbocycles. The van der Waals surface area contributed by atoms with Crippen LogP contribution >= 0.6 is 0 Å². The lowest BCUT2D eigenvalue weighted by atomic mass is 10.1. The van der Waals surface area contributed by atoms with Gasteiger partial charge < -0.3 is 36.8 Å². The fraction of sp³-hybridized carbons (Fsp3) is 0.0918. The summed E-state index contributed by atoms with van der Waals surface area (Å²) in [5, 5.41) is 60.9. The molecule has 0 bridgehead atoms. The summed E-state index contributed by atoms with van der Waals surface area (Å²) in [6.45, 7) is 0.841. The van der Waals surface area contributed by atoms with Crippen LogP contribution in [0.1, 0.15) is 28.2 Å². The number of nitrogens with zero attached hydrogens (tertiary/aromatic N) is 30. The van der Waals surface area contributed by atoms with Crippen LogP contribution in [0.15, 0.2) is 309 Å². The quantitative estimate of drug-likeness (QED) is 0.0480. The molecule has 143 heavy (non-hydrogen) atoms. The van der Waals surface area contributed by atoms with E-state index >= 15 is 0 Å². The van der Waals surface area contributed by atoms with Crippen molar-refractivity contribution in [3.05, 3.63) is 355 Å². The van der Waals surface area contributed by atoms with E-state index in [4.69, 9.17) is 36.8 Å². The molecule has 0 amide bonds. The predicted molar refractivity (Wildman–Crippen MR) is 495 cm³/mol. The van der Waals surface area contributed by atoms with Gasteiger partial charge in [0.2, 0.25) is 29.1 Å². The molecule has 45 heteroatoms. The van der Waals surface area contributed by atoms with Crippen molar-refractivity contribution in [2.75, 3.05) is 34.5 Å². The SMILES string of the molecule is COCCc1c(-c2nc(-c3cc(F)ccc3F)no2)nnn1-c1ccccc1F.COCCc1c(-c2nc(-c3cccnc3)no2)nnn1-c1ccccc1F.COCc1c(-c2nc(-c3cccnc3)no2)nnn1-c1ccccc1F.Fc1ccccc1-n1nnc(-c2nc(-c3ccc4c(c3)C=CC4)no2)c1-c1ccncc1.Fc1ccccc1-n1nnc(-c2nc(-c3ccccn3)no2)c1-c1ccncc1. The maximum atomic E-state index is 14.6. The van der Waals surface area contributed by atoms with Gasteiger partial charge in [0.05, 0.1) is 36.8 Å². The standard InChI is InChI=1S/C24H15FN6O.C20H12FN7O.C19H14F3N5O2.C18H15FN6O2.C17H13FN6O2/c25-19-6-1-2-7-20(19)31-22(16-10-12-26-13-11-16)21(28-30-31)24-27-23(29-32-24)18-9-8-15-4-3-5-17(15)14-18;21-14-5-1-2-7-16(14)28-18(13-8-11-22-12-9-13)17(25-27-28)20-24-19(26-29-20)15-6-3-4-10-23-15;1-28-9-8-16-17(24-26-27(16)15-5-3-2-4-14(15)22)19-23-18(25-29-19)12-10-11(20)6-7-13(12)21;1-26-10-8-15-16(22-24-25(15)14-7-3-2-6-13(14)19)18-21-17(23-27-18)12-5-4-9-20-11-12;1-25-10-14-15(21-23-24(14)13-7-3-2-6-12(13)18)17-20-16(22-26-17)11-5-4-8-19-9-11/h1-3,5-14H,4H2;1-12H;2-7,10H,8-9H2,1H3;2-7,9,11H,8,10H2,1H3;2-9H,10H2,1H3. The molecule has 0 aliphatic heterocycles. The minimum absolute atomic E-state index is 0.0580. The molecule has 0 N–H and O–H groups in total. The fourth-order valence-electron chi connectivity index (χ4n) is 14.6. The number of para-hydroxylation sites is 5. The molecule has 1 aliphatic rings. The lowest BCUT2D eigenvalue weighted by Gasteiger charge is -2.08.